The van der Waals surface area contributed by atoms with Crippen LogP contribution in [0.15, 0.2) is 23.5 Å². The number of aliphatic imine (C=N–C) groups is 1. The van der Waals surface area contributed by atoms with E-state index in [0.29, 0.717) is 30.2 Å². The third kappa shape index (κ3) is 3.56. The standard InChI is InChI=1S/C21H23N9O2/c1-13-5-6-16(31)14(2)18(13)30-19(24-12-27(3)4)15(9-22)26-20(30)21(32)28-7-8-29-17(10-28)23-11-25-29/h5-6,11-12,31H,7-8,10H2,1-4H3. The van der Waals surface area contributed by atoms with Gasteiger partial charge in [-0.15, -0.1) is 0 Å². The van der Waals surface area contributed by atoms with Crippen LogP contribution in [-0.4, -0.2) is 72.1 Å². The molecule has 11 nitrogen and oxygen atoms in total. The van der Waals surface area contributed by atoms with Crippen molar-refractivity contribution < 1.29 is 9.90 Å². The lowest BCUT2D eigenvalue weighted by molar-refractivity contribution is 0.0688. The van der Waals surface area contributed by atoms with Gasteiger partial charge in [-0.3, -0.25) is 9.36 Å². The summed E-state index contributed by atoms with van der Waals surface area (Å²) in [7, 11) is 3.61. The first-order valence-corrected chi connectivity index (χ1v) is 10.0. The van der Waals surface area contributed by atoms with E-state index in [4.69, 9.17) is 0 Å². The fraction of sp³-hybridized carbons (Fsp3) is 0.333. The third-order valence-electron chi connectivity index (χ3n) is 5.29. The largest absolute Gasteiger partial charge is 0.508 e. The van der Waals surface area contributed by atoms with Crippen molar-refractivity contribution in [2.45, 2.75) is 26.9 Å². The summed E-state index contributed by atoms with van der Waals surface area (Å²) in [6.45, 7) is 4.84. The molecule has 11 heteroatoms. The first kappa shape index (κ1) is 21.0. The number of benzene rings is 1. The number of aryl methyl sites for hydroxylation is 1. The lowest BCUT2D eigenvalue weighted by Gasteiger charge is -2.27. The van der Waals surface area contributed by atoms with Crippen LogP contribution in [0.3, 0.4) is 0 Å². The van der Waals surface area contributed by atoms with E-state index in [9.17, 15) is 15.2 Å². The van der Waals surface area contributed by atoms with Gasteiger partial charge in [-0.05, 0) is 25.5 Å². The second-order valence-corrected chi connectivity index (χ2v) is 7.76. The molecule has 0 saturated heterocycles. The minimum absolute atomic E-state index is 0.0220. The molecule has 0 saturated carbocycles. The summed E-state index contributed by atoms with van der Waals surface area (Å²) in [5, 5.41) is 24.3. The molecule has 2 aromatic heterocycles. The molecule has 1 aliphatic rings. The predicted molar refractivity (Wildman–Crippen MR) is 116 cm³/mol. The lowest BCUT2D eigenvalue weighted by Crippen LogP contribution is -2.39. The van der Waals surface area contributed by atoms with Crippen LogP contribution in [0.4, 0.5) is 5.82 Å². The molecule has 0 aliphatic carbocycles. The number of phenols is 1. The maximum atomic E-state index is 13.6. The van der Waals surface area contributed by atoms with Gasteiger partial charge in [-0.25, -0.2) is 19.6 Å². The average Bonchev–Trinajstić information content (AvgIpc) is 3.38. The number of fused-ring (bicyclic) bond motifs is 1. The van der Waals surface area contributed by atoms with Gasteiger partial charge in [0.2, 0.25) is 5.82 Å². The van der Waals surface area contributed by atoms with E-state index in [2.05, 4.69) is 20.1 Å². The molecule has 0 bridgehead atoms. The maximum absolute atomic E-state index is 13.6. The van der Waals surface area contributed by atoms with Gasteiger partial charge >= 0.3 is 0 Å². The molecule has 4 rings (SSSR count). The Morgan fingerprint density at radius 3 is 2.81 bits per heavy atom. The van der Waals surface area contributed by atoms with Crippen molar-refractivity contribution >= 4 is 18.1 Å². The molecule has 32 heavy (non-hydrogen) atoms. The Bertz CT molecular complexity index is 1260. The monoisotopic (exact) mass is 433 g/mol. The SMILES string of the molecule is Cc1ccc(O)c(C)c1-n1c(C(=O)N2CCn3ncnc3C2)nc(C#N)c1N=CN(C)C. The van der Waals surface area contributed by atoms with E-state index in [-0.39, 0.29) is 35.5 Å². The molecule has 1 N–H and O–H groups in total. The van der Waals surface area contributed by atoms with Gasteiger partial charge in [0.1, 0.15) is 24.0 Å². The van der Waals surface area contributed by atoms with Crippen LogP contribution in [0.25, 0.3) is 5.69 Å². The van der Waals surface area contributed by atoms with Crippen molar-refractivity contribution in [3.63, 3.8) is 0 Å². The number of nitriles is 1. The molecule has 0 spiro atoms. The van der Waals surface area contributed by atoms with E-state index >= 15 is 0 Å². The third-order valence-corrected chi connectivity index (χ3v) is 5.29. The molecule has 3 heterocycles. The average molecular weight is 433 g/mol. The van der Waals surface area contributed by atoms with E-state index in [1.54, 1.807) is 58.5 Å². The van der Waals surface area contributed by atoms with Gasteiger partial charge in [-0.1, -0.05) is 6.07 Å². The number of carbonyl (C=O) groups excluding carboxylic acids is 1. The highest BCUT2D eigenvalue weighted by atomic mass is 16.3. The van der Waals surface area contributed by atoms with Gasteiger partial charge in [0.05, 0.1) is 25.1 Å². The fourth-order valence-electron chi connectivity index (χ4n) is 3.68. The second kappa shape index (κ2) is 8.14. The molecular formula is C21H23N9O2. The molecule has 3 aromatic rings. The molecule has 1 aromatic carbocycles. The Hall–Kier alpha value is -4.20. The highest BCUT2D eigenvalue weighted by Crippen LogP contribution is 2.34. The highest BCUT2D eigenvalue weighted by Gasteiger charge is 2.31. The molecule has 1 amide bonds. The zero-order chi connectivity index (χ0) is 23.0. The van der Waals surface area contributed by atoms with Crippen molar-refractivity contribution in [3.8, 4) is 17.5 Å². The summed E-state index contributed by atoms with van der Waals surface area (Å²) in [6, 6.07) is 5.39. The number of rotatable bonds is 4. The number of amides is 1. The first-order chi connectivity index (χ1) is 15.3. The summed E-state index contributed by atoms with van der Waals surface area (Å²) in [5.41, 5.74) is 1.94. The van der Waals surface area contributed by atoms with Crippen molar-refractivity contribution in [2.24, 2.45) is 4.99 Å². The van der Waals surface area contributed by atoms with E-state index in [1.165, 1.54) is 6.33 Å². The summed E-state index contributed by atoms with van der Waals surface area (Å²) < 4.78 is 3.32. The smallest absolute Gasteiger partial charge is 0.290 e. The van der Waals surface area contributed by atoms with Gasteiger partial charge in [-0.2, -0.15) is 10.4 Å². The Balaban J connectivity index is 1.91. The van der Waals surface area contributed by atoms with Crippen molar-refractivity contribution in [1.82, 2.24) is 34.1 Å². The van der Waals surface area contributed by atoms with Crippen LogP contribution in [-0.2, 0) is 13.1 Å². The molecule has 0 atom stereocenters. The topological polar surface area (TPSA) is 128 Å². The highest BCUT2D eigenvalue weighted by molar-refractivity contribution is 5.93. The molecule has 164 valence electrons. The zero-order valence-corrected chi connectivity index (χ0v) is 18.3. The van der Waals surface area contributed by atoms with Crippen LogP contribution < -0.4 is 0 Å². The number of hydrogen-bond acceptors (Lipinski definition) is 7. The molecule has 0 fully saturated rings. The summed E-state index contributed by atoms with van der Waals surface area (Å²) in [5.74, 6) is 0.673. The number of aromatic nitrogens is 5. The van der Waals surface area contributed by atoms with Crippen LogP contribution >= 0.6 is 0 Å². The number of imidazole rings is 1. The van der Waals surface area contributed by atoms with Crippen LogP contribution in [0.1, 0.15) is 33.3 Å². The van der Waals surface area contributed by atoms with Crippen LogP contribution in [0.5, 0.6) is 5.75 Å². The number of hydrogen-bond donors (Lipinski definition) is 1. The fourth-order valence-corrected chi connectivity index (χ4v) is 3.68. The summed E-state index contributed by atoms with van der Waals surface area (Å²) in [4.78, 5) is 30.0. The van der Waals surface area contributed by atoms with Crippen molar-refractivity contribution in [2.75, 3.05) is 20.6 Å². The molecule has 0 unspecified atom stereocenters. The van der Waals surface area contributed by atoms with Crippen LogP contribution in [0, 0.1) is 25.2 Å². The Morgan fingerprint density at radius 2 is 2.09 bits per heavy atom. The molecule has 0 radical (unpaired) electrons. The quantitative estimate of drug-likeness (QED) is 0.488. The minimum Gasteiger partial charge on any atom is -0.508 e. The Labute approximate surface area is 184 Å². The summed E-state index contributed by atoms with van der Waals surface area (Å²) >= 11 is 0. The summed E-state index contributed by atoms with van der Waals surface area (Å²) in [6.07, 6.45) is 3.00. The number of nitrogens with zero attached hydrogens (tertiary/aromatic N) is 9. The number of carbonyl (C=O) groups is 1. The molecular weight excluding hydrogens is 410 g/mol. The lowest BCUT2D eigenvalue weighted by atomic mass is 10.1. The number of aromatic hydroxyl groups is 1. The van der Waals surface area contributed by atoms with E-state index < -0.39 is 0 Å². The molecule has 1 aliphatic heterocycles. The van der Waals surface area contributed by atoms with Crippen LogP contribution in [0.2, 0.25) is 0 Å². The van der Waals surface area contributed by atoms with E-state index in [1.807, 2.05) is 13.0 Å². The van der Waals surface area contributed by atoms with Crippen molar-refractivity contribution in [1.29, 1.82) is 5.26 Å². The zero-order valence-electron chi connectivity index (χ0n) is 18.3. The van der Waals surface area contributed by atoms with Gasteiger partial charge in [0.25, 0.3) is 5.91 Å². The Morgan fingerprint density at radius 1 is 1.31 bits per heavy atom. The number of phenolic OH excluding ortho intramolecular Hbond substituents is 1. The normalized spacial score (nSPS) is 13.3. The first-order valence-electron chi connectivity index (χ1n) is 10.0. The predicted octanol–water partition coefficient (Wildman–Crippen LogP) is 1.54. The van der Waals surface area contributed by atoms with Gasteiger partial charge in [0, 0.05) is 26.2 Å². The second-order valence-electron chi connectivity index (χ2n) is 7.76. The minimum atomic E-state index is -0.357. The van der Waals surface area contributed by atoms with Gasteiger partial charge in [0.15, 0.2) is 11.5 Å². The van der Waals surface area contributed by atoms with Crippen molar-refractivity contribution in [3.05, 3.63) is 46.9 Å². The van der Waals surface area contributed by atoms with E-state index in [0.717, 1.165) is 5.56 Å². The maximum Gasteiger partial charge on any atom is 0.290 e. The van der Waals surface area contributed by atoms with Gasteiger partial charge < -0.3 is 14.9 Å². The Kier molecular flexibility index (Phi) is 5.36.